The first-order chi connectivity index (χ1) is 6.26. The molecule has 0 aliphatic rings. The van der Waals surface area contributed by atoms with Crippen LogP contribution in [0.25, 0.3) is 0 Å². The standard InChI is InChI=1S/C10H19NO3/c1-5-7(9(13)14)11-8(12)6-10(2,3)4/h7H,5-6H2,1-4H3,(H,11,12)(H,13,14)/t7-/m0/s1. The van der Waals surface area contributed by atoms with E-state index in [4.69, 9.17) is 5.11 Å². The molecule has 0 aromatic rings. The first-order valence-electron chi connectivity index (χ1n) is 4.78. The van der Waals surface area contributed by atoms with E-state index in [1.807, 2.05) is 20.8 Å². The average Bonchev–Trinajstić information content (AvgIpc) is 1.96. The second-order valence-corrected chi connectivity index (χ2v) is 4.60. The van der Waals surface area contributed by atoms with Gasteiger partial charge in [0.25, 0.3) is 0 Å². The van der Waals surface area contributed by atoms with Crippen LogP contribution in [-0.2, 0) is 9.59 Å². The van der Waals surface area contributed by atoms with Crippen LogP contribution < -0.4 is 5.32 Å². The second kappa shape index (κ2) is 4.98. The summed E-state index contributed by atoms with van der Waals surface area (Å²) >= 11 is 0. The number of nitrogens with one attached hydrogen (secondary N) is 1. The van der Waals surface area contributed by atoms with Gasteiger partial charge in [0.2, 0.25) is 5.91 Å². The molecule has 82 valence electrons. The van der Waals surface area contributed by atoms with Crippen LogP contribution in [0.5, 0.6) is 0 Å². The van der Waals surface area contributed by atoms with Gasteiger partial charge in [0, 0.05) is 6.42 Å². The van der Waals surface area contributed by atoms with Gasteiger partial charge >= 0.3 is 5.97 Å². The molecule has 4 heteroatoms. The maximum Gasteiger partial charge on any atom is 0.326 e. The van der Waals surface area contributed by atoms with Gasteiger partial charge in [-0.25, -0.2) is 4.79 Å². The quantitative estimate of drug-likeness (QED) is 0.722. The monoisotopic (exact) mass is 201 g/mol. The van der Waals surface area contributed by atoms with Crippen LogP contribution in [0.1, 0.15) is 40.5 Å². The molecule has 0 aliphatic heterocycles. The van der Waals surface area contributed by atoms with E-state index in [1.165, 1.54) is 0 Å². The highest BCUT2D eigenvalue weighted by Crippen LogP contribution is 2.17. The van der Waals surface area contributed by atoms with Gasteiger partial charge in [0.1, 0.15) is 6.04 Å². The Morgan fingerprint density at radius 3 is 2.14 bits per heavy atom. The zero-order valence-electron chi connectivity index (χ0n) is 9.26. The van der Waals surface area contributed by atoms with Gasteiger partial charge < -0.3 is 10.4 Å². The van der Waals surface area contributed by atoms with Crippen LogP contribution in [0.3, 0.4) is 0 Å². The highest BCUT2D eigenvalue weighted by atomic mass is 16.4. The van der Waals surface area contributed by atoms with E-state index in [2.05, 4.69) is 5.32 Å². The predicted molar refractivity (Wildman–Crippen MR) is 53.9 cm³/mol. The Kier molecular flexibility index (Phi) is 4.60. The molecule has 0 radical (unpaired) electrons. The molecule has 0 fully saturated rings. The van der Waals surface area contributed by atoms with Crippen molar-refractivity contribution in [2.75, 3.05) is 0 Å². The molecule has 0 spiro atoms. The molecule has 0 unspecified atom stereocenters. The van der Waals surface area contributed by atoms with E-state index in [-0.39, 0.29) is 11.3 Å². The Hall–Kier alpha value is -1.06. The molecular weight excluding hydrogens is 182 g/mol. The third-order valence-electron chi connectivity index (χ3n) is 1.73. The van der Waals surface area contributed by atoms with Gasteiger partial charge in [-0.2, -0.15) is 0 Å². The lowest BCUT2D eigenvalue weighted by molar-refractivity contribution is -0.142. The van der Waals surface area contributed by atoms with Crippen molar-refractivity contribution in [3.63, 3.8) is 0 Å². The van der Waals surface area contributed by atoms with E-state index in [1.54, 1.807) is 6.92 Å². The molecule has 2 N–H and O–H groups in total. The maximum absolute atomic E-state index is 11.4. The normalized spacial score (nSPS) is 13.4. The zero-order valence-corrected chi connectivity index (χ0v) is 9.26. The molecule has 0 aliphatic carbocycles. The Bertz CT molecular complexity index is 218. The van der Waals surface area contributed by atoms with Gasteiger partial charge in [-0.05, 0) is 11.8 Å². The van der Waals surface area contributed by atoms with Crippen LogP contribution in [0.15, 0.2) is 0 Å². The fraction of sp³-hybridized carbons (Fsp3) is 0.800. The van der Waals surface area contributed by atoms with Gasteiger partial charge in [0.15, 0.2) is 0 Å². The summed E-state index contributed by atoms with van der Waals surface area (Å²) in [6.07, 6.45) is 0.752. The topological polar surface area (TPSA) is 66.4 Å². The van der Waals surface area contributed by atoms with E-state index >= 15 is 0 Å². The first-order valence-corrected chi connectivity index (χ1v) is 4.78. The summed E-state index contributed by atoms with van der Waals surface area (Å²) in [7, 11) is 0. The van der Waals surface area contributed by atoms with Crippen molar-refractivity contribution >= 4 is 11.9 Å². The number of hydrogen-bond donors (Lipinski definition) is 2. The van der Waals surface area contributed by atoms with Crippen LogP contribution in [0.4, 0.5) is 0 Å². The summed E-state index contributed by atoms with van der Waals surface area (Å²) in [5.41, 5.74) is -0.110. The Morgan fingerprint density at radius 1 is 1.36 bits per heavy atom. The number of carboxylic acids is 1. The summed E-state index contributed by atoms with van der Waals surface area (Å²) in [6, 6.07) is -0.759. The van der Waals surface area contributed by atoms with Crippen molar-refractivity contribution in [1.29, 1.82) is 0 Å². The number of carboxylic acid groups (broad SMARTS) is 1. The molecule has 1 amide bonds. The SMILES string of the molecule is CC[C@H](NC(=O)CC(C)(C)C)C(=O)O. The van der Waals surface area contributed by atoms with Crippen LogP contribution >= 0.6 is 0 Å². The van der Waals surface area contributed by atoms with Crippen molar-refractivity contribution in [3.8, 4) is 0 Å². The maximum atomic E-state index is 11.4. The van der Waals surface area contributed by atoms with E-state index in [0.717, 1.165) is 0 Å². The summed E-state index contributed by atoms with van der Waals surface area (Å²) < 4.78 is 0. The second-order valence-electron chi connectivity index (χ2n) is 4.60. The van der Waals surface area contributed by atoms with Gasteiger partial charge in [-0.3, -0.25) is 4.79 Å². The van der Waals surface area contributed by atoms with E-state index in [0.29, 0.717) is 12.8 Å². The van der Waals surface area contributed by atoms with Gasteiger partial charge in [-0.15, -0.1) is 0 Å². The average molecular weight is 201 g/mol. The number of rotatable bonds is 4. The fourth-order valence-electron chi connectivity index (χ4n) is 1.07. The molecular formula is C10H19NO3. The zero-order chi connectivity index (χ0) is 11.4. The predicted octanol–water partition coefficient (Wildman–Crippen LogP) is 1.40. The lowest BCUT2D eigenvalue weighted by Gasteiger charge is -2.19. The minimum absolute atomic E-state index is 0.110. The molecule has 1 atom stereocenters. The Labute approximate surface area is 84.7 Å². The number of amides is 1. The van der Waals surface area contributed by atoms with Crippen molar-refractivity contribution in [3.05, 3.63) is 0 Å². The third-order valence-corrected chi connectivity index (χ3v) is 1.73. The Balaban J connectivity index is 4.11. The lowest BCUT2D eigenvalue weighted by atomic mass is 9.92. The number of hydrogen-bond acceptors (Lipinski definition) is 2. The van der Waals surface area contributed by atoms with Crippen molar-refractivity contribution < 1.29 is 14.7 Å². The fourth-order valence-corrected chi connectivity index (χ4v) is 1.07. The lowest BCUT2D eigenvalue weighted by Crippen LogP contribution is -2.41. The summed E-state index contributed by atoms with van der Waals surface area (Å²) in [4.78, 5) is 22.0. The molecule has 0 saturated carbocycles. The Morgan fingerprint density at radius 2 is 1.86 bits per heavy atom. The molecule has 0 heterocycles. The van der Waals surface area contributed by atoms with Crippen LogP contribution in [-0.4, -0.2) is 23.0 Å². The van der Waals surface area contributed by atoms with Crippen molar-refractivity contribution in [2.24, 2.45) is 5.41 Å². The summed E-state index contributed by atoms with van der Waals surface area (Å²) in [5, 5.41) is 11.2. The van der Waals surface area contributed by atoms with Crippen molar-refractivity contribution in [1.82, 2.24) is 5.32 Å². The number of aliphatic carboxylic acids is 1. The molecule has 0 saturated heterocycles. The number of carbonyl (C=O) groups is 2. The van der Waals surface area contributed by atoms with Gasteiger partial charge in [0.05, 0.1) is 0 Å². The largest absolute Gasteiger partial charge is 0.480 e. The summed E-state index contributed by atoms with van der Waals surface area (Å²) in [5.74, 6) is -1.18. The minimum Gasteiger partial charge on any atom is -0.480 e. The van der Waals surface area contributed by atoms with E-state index in [9.17, 15) is 9.59 Å². The molecule has 0 aromatic carbocycles. The molecule has 0 aromatic heterocycles. The molecule has 14 heavy (non-hydrogen) atoms. The highest BCUT2D eigenvalue weighted by molar-refractivity contribution is 5.83. The van der Waals surface area contributed by atoms with Crippen molar-refractivity contribution in [2.45, 2.75) is 46.6 Å². The molecule has 4 nitrogen and oxygen atoms in total. The van der Waals surface area contributed by atoms with Crippen LogP contribution in [0, 0.1) is 5.41 Å². The van der Waals surface area contributed by atoms with E-state index < -0.39 is 12.0 Å². The molecule has 0 rings (SSSR count). The smallest absolute Gasteiger partial charge is 0.326 e. The highest BCUT2D eigenvalue weighted by Gasteiger charge is 2.21. The molecule has 0 bridgehead atoms. The third kappa shape index (κ3) is 5.56. The first kappa shape index (κ1) is 12.9. The summed E-state index contributed by atoms with van der Waals surface area (Å²) in [6.45, 7) is 7.55. The van der Waals surface area contributed by atoms with Gasteiger partial charge in [-0.1, -0.05) is 27.7 Å². The van der Waals surface area contributed by atoms with Crippen LogP contribution in [0.2, 0.25) is 0 Å². The number of carbonyl (C=O) groups excluding carboxylic acids is 1. The minimum atomic E-state index is -0.977.